The van der Waals surface area contributed by atoms with Crippen LogP contribution < -0.4 is 15.4 Å². The molecule has 2 amide bonds. The van der Waals surface area contributed by atoms with Gasteiger partial charge in [-0.05, 0) is 56.4 Å². The van der Waals surface area contributed by atoms with Crippen molar-refractivity contribution in [1.29, 1.82) is 0 Å². The van der Waals surface area contributed by atoms with Gasteiger partial charge in [-0.3, -0.25) is 9.78 Å². The van der Waals surface area contributed by atoms with Crippen LogP contribution in [0.1, 0.15) is 55.5 Å². The Labute approximate surface area is 295 Å². The number of carbonyl (C=O) groups is 2. The summed E-state index contributed by atoms with van der Waals surface area (Å²) >= 11 is 14.2. The molecule has 0 radical (unpaired) electrons. The van der Waals surface area contributed by atoms with Gasteiger partial charge in [-0.15, -0.1) is 0 Å². The van der Waals surface area contributed by atoms with Gasteiger partial charge in [-0.1, -0.05) is 65.7 Å². The zero-order valence-electron chi connectivity index (χ0n) is 27.4. The zero-order chi connectivity index (χ0) is 34.7. The highest BCUT2D eigenvalue weighted by Gasteiger charge is 2.27. The standard InChI is InChI=1S/C37H39Cl2N5O5/c1-21(45)18-40-29-10-5-11-30-26(29)14-16-31(42-30)27-8-3-6-24(34(27)38)25-7-4-9-28(35(25)39)32-15-12-22(36(43-32)49-2)19-44(37(47)48)20-23-13-17-33(46)41-23/h3-4,6-9,12,14-16,21,23,29,40,45H,5,10-11,13,17-20H2,1-2H3,(H,41,46)(H,47,48). The molecule has 0 spiro atoms. The number of nitrogens with one attached hydrogen (secondary N) is 2. The molecule has 1 fully saturated rings. The number of pyridine rings is 2. The van der Waals surface area contributed by atoms with Crippen LogP contribution in [0.2, 0.25) is 10.0 Å². The Bertz CT molecular complexity index is 1870. The minimum Gasteiger partial charge on any atom is -0.481 e. The Hall–Kier alpha value is -4.22. The number of halogens is 2. The fourth-order valence-corrected chi connectivity index (χ4v) is 7.27. The first-order valence-corrected chi connectivity index (χ1v) is 17.2. The minimum atomic E-state index is -1.10. The van der Waals surface area contributed by atoms with Crippen LogP contribution in [0.3, 0.4) is 0 Å². The van der Waals surface area contributed by atoms with Crippen LogP contribution in [-0.4, -0.2) is 69.4 Å². The topological polar surface area (TPSA) is 137 Å². The van der Waals surface area contributed by atoms with Crippen LogP contribution in [0, 0.1) is 0 Å². The van der Waals surface area contributed by atoms with E-state index in [9.17, 15) is 19.8 Å². The maximum absolute atomic E-state index is 12.1. The minimum absolute atomic E-state index is 0.0457. The second-order valence-corrected chi connectivity index (χ2v) is 13.4. The average Bonchev–Trinajstić information content (AvgIpc) is 3.51. The quantitative estimate of drug-likeness (QED) is 0.132. The van der Waals surface area contributed by atoms with Gasteiger partial charge in [0.2, 0.25) is 11.8 Å². The van der Waals surface area contributed by atoms with E-state index in [1.807, 2.05) is 42.5 Å². The van der Waals surface area contributed by atoms with Gasteiger partial charge in [-0.25, -0.2) is 9.78 Å². The van der Waals surface area contributed by atoms with E-state index in [2.05, 4.69) is 16.7 Å². The van der Waals surface area contributed by atoms with Crippen LogP contribution in [0.5, 0.6) is 5.88 Å². The summed E-state index contributed by atoms with van der Waals surface area (Å²) in [7, 11) is 1.49. The first kappa shape index (κ1) is 34.6. The number of rotatable bonds is 11. The number of benzene rings is 2. The lowest BCUT2D eigenvalue weighted by molar-refractivity contribution is -0.119. The van der Waals surface area contributed by atoms with Crippen molar-refractivity contribution >= 4 is 35.2 Å². The summed E-state index contributed by atoms with van der Waals surface area (Å²) in [5.41, 5.74) is 7.06. The number of ether oxygens (including phenoxy) is 1. The van der Waals surface area contributed by atoms with Gasteiger partial charge in [0.25, 0.3) is 0 Å². The van der Waals surface area contributed by atoms with Crippen molar-refractivity contribution < 1.29 is 24.5 Å². The maximum Gasteiger partial charge on any atom is 0.407 e. The average molecular weight is 705 g/mol. The number of aryl methyl sites for hydroxylation is 1. The Kier molecular flexibility index (Phi) is 10.7. The Morgan fingerprint density at radius 3 is 2.24 bits per heavy atom. The molecule has 4 N–H and O–H groups in total. The molecule has 6 rings (SSSR count). The van der Waals surface area contributed by atoms with Crippen molar-refractivity contribution in [1.82, 2.24) is 25.5 Å². The van der Waals surface area contributed by atoms with E-state index >= 15 is 0 Å². The van der Waals surface area contributed by atoms with E-state index in [1.54, 1.807) is 19.1 Å². The molecule has 49 heavy (non-hydrogen) atoms. The molecule has 1 aliphatic carbocycles. The summed E-state index contributed by atoms with van der Waals surface area (Å²) in [6, 6.07) is 19.1. The maximum atomic E-state index is 12.1. The zero-order valence-corrected chi connectivity index (χ0v) is 28.9. The van der Waals surface area contributed by atoms with Crippen LogP contribution in [-0.2, 0) is 17.8 Å². The third-order valence-electron chi connectivity index (χ3n) is 9.08. The van der Waals surface area contributed by atoms with Crippen molar-refractivity contribution in [3.05, 3.63) is 87.5 Å². The molecule has 12 heteroatoms. The monoisotopic (exact) mass is 703 g/mol. The smallest absolute Gasteiger partial charge is 0.407 e. The lowest BCUT2D eigenvalue weighted by Crippen LogP contribution is -2.41. The Morgan fingerprint density at radius 2 is 1.63 bits per heavy atom. The number of hydrogen-bond donors (Lipinski definition) is 4. The first-order valence-electron chi connectivity index (χ1n) is 16.4. The van der Waals surface area contributed by atoms with Gasteiger partial charge in [0.15, 0.2) is 0 Å². The van der Waals surface area contributed by atoms with Gasteiger partial charge >= 0.3 is 6.09 Å². The molecule has 3 heterocycles. The summed E-state index contributed by atoms with van der Waals surface area (Å²) in [5, 5.41) is 26.9. The van der Waals surface area contributed by atoms with Gasteiger partial charge in [0, 0.05) is 65.1 Å². The molecule has 10 nitrogen and oxygen atoms in total. The summed E-state index contributed by atoms with van der Waals surface area (Å²) in [6.45, 7) is 2.52. The fraction of sp³-hybridized carbons (Fsp3) is 0.351. The number of aromatic nitrogens is 2. The number of fused-ring (bicyclic) bond motifs is 1. The number of aliphatic hydroxyl groups is 1. The van der Waals surface area contributed by atoms with Crippen molar-refractivity contribution in [2.75, 3.05) is 20.2 Å². The lowest BCUT2D eigenvalue weighted by Gasteiger charge is -2.27. The molecular formula is C37H39Cl2N5O5. The van der Waals surface area contributed by atoms with Crippen LogP contribution in [0.4, 0.5) is 4.79 Å². The van der Waals surface area contributed by atoms with Crippen LogP contribution in [0.15, 0.2) is 60.7 Å². The third kappa shape index (κ3) is 7.68. The van der Waals surface area contributed by atoms with Gasteiger partial charge < -0.3 is 30.5 Å². The summed E-state index contributed by atoms with van der Waals surface area (Å²) < 4.78 is 5.60. The number of hydrogen-bond acceptors (Lipinski definition) is 7. The molecular weight excluding hydrogens is 665 g/mol. The van der Waals surface area contributed by atoms with E-state index in [0.717, 1.165) is 52.9 Å². The molecule has 2 aromatic carbocycles. The molecule has 256 valence electrons. The molecule has 0 bridgehead atoms. The SMILES string of the molecule is COc1nc(-c2cccc(-c3cccc(-c4ccc5c(n4)CCCC5NCC(C)O)c3Cl)c2Cl)ccc1CN(CC1CCC(=O)N1)C(=O)O. The third-order valence-corrected chi connectivity index (χ3v) is 9.89. The second-order valence-electron chi connectivity index (χ2n) is 12.6. The van der Waals surface area contributed by atoms with E-state index < -0.39 is 12.2 Å². The molecule has 2 aliphatic rings. The van der Waals surface area contributed by atoms with E-state index in [-0.39, 0.29) is 37.0 Å². The van der Waals surface area contributed by atoms with Crippen molar-refractivity contribution in [2.45, 2.75) is 63.8 Å². The fourth-order valence-electron chi connectivity index (χ4n) is 6.62. The number of nitrogens with zero attached hydrogens (tertiary/aromatic N) is 3. The molecule has 3 unspecified atom stereocenters. The van der Waals surface area contributed by atoms with E-state index in [4.69, 9.17) is 37.9 Å². The first-order chi connectivity index (χ1) is 23.6. The molecule has 0 saturated carbocycles. The molecule has 3 atom stereocenters. The molecule has 4 aromatic rings. The number of carbonyl (C=O) groups excluding carboxylic acids is 1. The highest BCUT2D eigenvalue weighted by Crippen LogP contribution is 2.42. The van der Waals surface area contributed by atoms with E-state index in [1.165, 1.54) is 12.0 Å². The number of carboxylic acid groups (broad SMARTS) is 1. The van der Waals surface area contributed by atoms with Crippen molar-refractivity contribution in [3.63, 3.8) is 0 Å². The Balaban J connectivity index is 1.27. The molecule has 1 aliphatic heterocycles. The summed E-state index contributed by atoms with van der Waals surface area (Å²) in [4.78, 5) is 34.7. The number of amides is 2. The molecule has 2 aromatic heterocycles. The number of aliphatic hydroxyl groups excluding tert-OH is 1. The van der Waals surface area contributed by atoms with Gasteiger partial charge in [-0.2, -0.15) is 0 Å². The second kappa shape index (κ2) is 15.1. The normalized spacial score (nSPS) is 17.7. The highest BCUT2D eigenvalue weighted by atomic mass is 35.5. The predicted molar refractivity (Wildman–Crippen MR) is 190 cm³/mol. The van der Waals surface area contributed by atoms with Crippen LogP contribution >= 0.6 is 23.2 Å². The summed E-state index contributed by atoms with van der Waals surface area (Å²) in [6.07, 6.45) is 2.35. The largest absolute Gasteiger partial charge is 0.481 e. The van der Waals surface area contributed by atoms with Gasteiger partial charge in [0.05, 0.1) is 41.2 Å². The van der Waals surface area contributed by atoms with E-state index in [0.29, 0.717) is 46.3 Å². The number of methoxy groups -OCH3 is 1. The Morgan fingerprint density at radius 1 is 0.980 bits per heavy atom. The summed E-state index contributed by atoms with van der Waals surface area (Å²) in [5.74, 6) is 0.209. The highest BCUT2D eigenvalue weighted by molar-refractivity contribution is 6.39. The van der Waals surface area contributed by atoms with Gasteiger partial charge in [0.1, 0.15) is 0 Å². The lowest BCUT2D eigenvalue weighted by atomic mass is 9.90. The van der Waals surface area contributed by atoms with Crippen molar-refractivity contribution in [3.8, 4) is 39.5 Å². The van der Waals surface area contributed by atoms with Crippen LogP contribution in [0.25, 0.3) is 33.6 Å². The predicted octanol–water partition coefficient (Wildman–Crippen LogP) is 6.90. The van der Waals surface area contributed by atoms with Crippen molar-refractivity contribution in [2.24, 2.45) is 0 Å². The molecule has 1 saturated heterocycles.